The van der Waals surface area contributed by atoms with Crippen LogP contribution in [-0.4, -0.2) is 18.5 Å². The van der Waals surface area contributed by atoms with E-state index in [1.807, 2.05) is 0 Å². The molecule has 0 aliphatic carbocycles. The zero-order chi connectivity index (χ0) is 19.2. The first-order valence-corrected chi connectivity index (χ1v) is 8.63. The van der Waals surface area contributed by atoms with Crippen LogP contribution < -0.4 is 14.8 Å². The molecule has 138 valence electrons. The van der Waals surface area contributed by atoms with Gasteiger partial charge >= 0.3 is 5.97 Å². The Balaban J connectivity index is 1.51. The normalized spacial score (nSPS) is 10.3. The molecule has 1 heterocycles. The van der Waals surface area contributed by atoms with E-state index in [-0.39, 0.29) is 17.4 Å². The van der Waals surface area contributed by atoms with E-state index in [0.29, 0.717) is 16.6 Å². The van der Waals surface area contributed by atoms with Crippen LogP contribution in [0, 0.1) is 11.6 Å². The van der Waals surface area contributed by atoms with Gasteiger partial charge in [-0.2, -0.15) is 0 Å². The van der Waals surface area contributed by atoms with E-state index in [1.54, 1.807) is 29.6 Å². The highest BCUT2D eigenvalue weighted by Gasteiger charge is 2.11. The molecule has 0 saturated carbocycles. The van der Waals surface area contributed by atoms with Crippen molar-refractivity contribution in [3.63, 3.8) is 0 Å². The molecule has 8 heteroatoms. The Morgan fingerprint density at radius 2 is 1.81 bits per heavy atom. The molecular weight excluding hydrogens is 376 g/mol. The Kier molecular flexibility index (Phi) is 5.77. The molecule has 1 N–H and O–H groups in total. The highest BCUT2D eigenvalue weighted by Crippen LogP contribution is 2.19. The highest BCUT2D eigenvalue weighted by molar-refractivity contribution is 7.12. The Morgan fingerprint density at radius 1 is 1.04 bits per heavy atom. The number of esters is 1. The minimum absolute atomic E-state index is 0.232. The maximum Gasteiger partial charge on any atom is 0.349 e. The Labute approximate surface area is 157 Å². The summed E-state index contributed by atoms with van der Waals surface area (Å²) in [6, 6.07) is 12.4. The van der Waals surface area contributed by atoms with Crippen LogP contribution in [0.3, 0.4) is 0 Å². The first-order chi connectivity index (χ1) is 13.0. The summed E-state index contributed by atoms with van der Waals surface area (Å²) in [6.07, 6.45) is 0. The zero-order valence-electron chi connectivity index (χ0n) is 13.8. The van der Waals surface area contributed by atoms with Crippen LogP contribution in [0.4, 0.5) is 14.5 Å². The molecular formula is C19H13F2NO4S. The van der Waals surface area contributed by atoms with Gasteiger partial charge in [0.25, 0.3) is 5.91 Å². The van der Waals surface area contributed by atoms with E-state index < -0.39 is 24.2 Å². The lowest BCUT2D eigenvalue weighted by atomic mass is 10.3. The lowest BCUT2D eigenvalue weighted by Crippen LogP contribution is -2.18. The SMILES string of the molecule is O=C(COc1ccc(F)cc1F)Oc1ccc(NC(=O)c2cccs2)cc1. The van der Waals surface area contributed by atoms with Crippen molar-refractivity contribution in [2.24, 2.45) is 0 Å². The summed E-state index contributed by atoms with van der Waals surface area (Å²) in [4.78, 5) is 24.3. The number of benzene rings is 2. The maximum absolute atomic E-state index is 13.4. The lowest BCUT2D eigenvalue weighted by Gasteiger charge is -2.08. The second kappa shape index (κ2) is 8.41. The van der Waals surface area contributed by atoms with Gasteiger partial charge in [-0.05, 0) is 47.8 Å². The molecule has 0 bridgehead atoms. The summed E-state index contributed by atoms with van der Waals surface area (Å²) < 4.78 is 36.3. The minimum atomic E-state index is -0.909. The number of amides is 1. The zero-order valence-corrected chi connectivity index (χ0v) is 14.6. The summed E-state index contributed by atoms with van der Waals surface area (Å²) in [6.45, 7) is -0.542. The van der Waals surface area contributed by atoms with Crippen LogP contribution in [0.15, 0.2) is 60.0 Å². The fourth-order valence-corrected chi connectivity index (χ4v) is 2.72. The average Bonchev–Trinajstić information content (AvgIpc) is 3.17. The summed E-state index contributed by atoms with van der Waals surface area (Å²) in [7, 11) is 0. The number of rotatable bonds is 6. The molecule has 0 unspecified atom stereocenters. The van der Waals surface area contributed by atoms with Gasteiger partial charge in [0.1, 0.15) is 11.6 Å². The molecule has 2 aromatic carbocycles. The third-order valence-electron chi connectivity index (χ3n) is 3.33. The summed E-state index contributed by atoms with van der Waals surface area (Å²) in [5.41, 5.74) is 0.540. The number of carbonyl (C=O) groups excluding carboxylic acids is 2. The fourth-order valence-electron chi connectivity index (χ4n) is 2.10. The van der Waals surface area contributed by atoms with Gasteiger partial charge in [-0.15, -0.1) is 11.3 Å². The van der Waals surface area contributed by atoms with E-state index >= 15 is 0 Å². The minimum Gasteiger partial charge on any atom is -0.479 e. The number of ether oxygens (including phenoxy) is 2. The molecule has 3 aromatic rings. The average molecular weight is 389 g/mol. The van der Waals surface area contributed by atoms with Gasteiger partial charge in [0, 0.05) is 11.8 Å². The third-order valence-corrected chi connectivity index (χ3v) is 4.20. The largest absolute Gasteiger partial charge is 0.479 e. The van der Waals surface area contributed by atoms with Crippen LogP contribution in [0.25, 0.3) is 0 Å². The van der Waals surface area contributed by atoms with Gasteiger partial charge in [-0.25, -0.2) is 13.6 Å². The Hall–Kier alpha value is -3.26. The monoisotopic (exact) mass is 389 g/mol. The van der Waals surface area contributed by atoms with Gasteiger partial charge in [-0.3, -0.25) is 4.79 Å². The quantitative estimate of drug-likeness (QED) is 0.505. The molecule has 0 radical (unpaired) electrons. The van der Waals surface area contributed by atoms with E-state index in [4.69, 9.17) is 9.47 Å². The van der Waals surface area contributed by atoms with E-state index in [2.05, 4.69) is 5.32 Å². The van der Waals surface area contributed by atoms with Crippen LogP contribution >= 0.6 is 11.3 Å². The lowest BCUT2D eigenvalue weighted by molar-refractivity contribution is -0.136. The Bertz CT molecular complexity index is 943. The van der Waals surface area contributed by atoms with Gasteiger partial charge < -0.3 is 14.8 Å². The summed E-state index contributed by atoms with van der Waals surface area (Å²) in [5, 5.41) is 4.52. The predicted molar refractivity (Wildman–Crippen MR) is 96.2 cm³/mol. The van der Waals surface area contributed by atoms with Gasteiger partial charge in [0.15, 0.2) is 18.2 Å². The summed E-state index contributed by atoms with van der Waals surface area (Å²) in [5.74, 6) is -2.65. The smallest absolute Gasteiger partial charge is 0.349 e. The molecule has 0 aliphatic heterocycles. The molecule has 0 saturated heterocycles. The molecule has 0 atom stereocenters. The van der Waals surface area contributed by atoms with Crippen molar-refractivity contribution in [2.75, 3.05) is 11.9 Å². The van der Waals surface area contributed by atoms with Crippen molar-refractivity contribution in [1.29, 1.82) is 0 Å². The number of anilines is 1. The molecule has 0 fully saturated rings. The standard InChI is InChI=1S/C19H13F2NO4S/c20-12-3-8-16(15(21)10-12)25-11-18(23)26-14-6-4-13(5-7-14)22-19(24)17-2-1-9-27-17/h1-10H,11H2,(H,22,24). The second-order valence-electron chi connectivity index (χ2n) is 5.29. The van der Waals surface area contributed by atoms with Crippen molar-refractivity contribution in [3.05, 3.63) is 76.5 Å². The highest BCUT2D eigenvalue weighted by atomic mass is 32.1. The van der Waals surface area contributed by atoms with Crippen LogP contribution in [0.1, 0.15) is 9.67 Å². The Morgan fingerprint density at radius 3 is 2.48 bits per heavy atom. The summed E-state index contributed by atoms with van der Waals surface area (Å²) >= 11 is 1.32. The number of hydrogen-bond donors (Lipinski definition) is 1. The molecule has 5 nitrogen and oxygen atoms in total. The van der Waals surface area contributed by atoms with Crippen molar-refractivity contribution in [3.8, 4) is 11.5 Å². The van der Waals surface area contributed by atoms with E-state index in [9.17, 15) is 18.4 Å². The molecule has 27 heavy (non-hydrogen) atoms. The van der Waals surface area contributed by atoms with Crippen LogP contribution in [0.2, 0.25) is 0 Å². The van der Waals surface area contributed by atoms with Crippen LogP contribution in [-0.2, 0) is 4.79 Å². The van der Waals surface area contributed by atoms with Gasteiger partial charge in [-0.1, -0.05) is 6.07 Å². The number of hydrogen-bond acceptors (Lipinski definition) is 5. The predicted octanol–water partition coefficient (Wildman–Crippen LogP) is 4.26. The van der Waals surface area contributed by atoms with Crippen LogP contribution in [0.5, 0.6) is 11.5 Å². The van der Waals surface area contributed by atoms with E-state index in [0.717, 1.165) is 12.1 Å². The number of carbonyl (C=O) groups is 2. The first kappa shape index (κ1) is 18.5. The van der Waals surface area contributed by atoms with Crippen molar-refractivity contribution < 1.29 is 27.8 Å². The fraction of sp³-hybridized carbons (Fsp3) is 0.0526. The molecule has 0 aliphatic rings. The number of thiophene rings is 1. The maximum atomic E-state index is 13.4. The number of nitrogens with one attached hydrogen (secondary N) is 1. The second-order valence-corrected chi connectivity index (χ2v) is 6.24. The van der Waals surface area contributed by atoms with Crippen molar-refractivity contribution in [2.45, 2.75) is 0 Å². The van der Waals surface area contributed by atoms with Crippen molar-refractivity contribution >= 4 is 28.9 Å². The molecule has 3 rings (SSSR count). The molecule has 1 amide bonds. The van der Waals surface area contributed by atoms with E-state index in [1.165, 1.54) is 23.5 Å². The third kappa shape index (κ3) is 5.11. The first-order valence-electron chi connectivity index (χ1n) is 7.75. The van der Waals surface area contributed by atoms with Gasteiger partial charge in [0.2, 0.25) is 0 Å². The molecule has 0 spiro atoms. The molecule has 1 aromatic heterocycles. The topological polar surface area (TPSA) is 64.6 Å². The number of halogens is 2. The van der Waals surface area contributed by atoms with Gasteiger partial charge in [0.05, 0.1) is 4.88 Å². The van der Waals surface area contributed by atoms with Crippen molar-refractivity contribution in [1.82, 2.24) is 0 Å².